The summed E-state index contributed by atoms with van der Waals surface area (Å²) >= 11 is 0. The van der Waals surface area contributed by atoms with Crippen LogP contribution in [-0.4, -0.2) is 43.8 Å². The summed E-state index contributed by atoms with van der Waals surface area (Å²) in [7, 11) is 0. The zero-order valence-electron chi connectivity index (χ0n) is 12.2. The highest BCUT2D eigenvalue weighted by Crippen LogP contribution is 2.38. The molecule has 0 saturated carbocycles. The summed E-state index contributed by atoms with van der Waals surface area (Å²) in [5.41, 5.74) is 1.65. The normalized spacial score (nSPS) is 25.9. The number of fused-ring (bicyclic) bond motifs is 1. The minimum absolute atomic E-state index is 0.0403. The molecule has 0 radical (unpaired) electrons. The first-order chi connectivity index (χ1) is 10.5. The minimum atomic E-state index is -1.19. The number of rotatable bonds is 4. The van der Waals surface area contributed by atoms with Gasteiger partial charge < -0.3 is 10.1 Å². The monoisotopic (exact) mass is 303 g/mol. The van der Waals surface area contributed by atoms with Crippen molar-refractivity contribution in [1.82, 2.24) is 14.9 Å². The van der Waals surface area contributed by atoms with Gasteiger partial charge in [-0.25, -0.2) is 9.78 Å². The van der Waals surface area contributed by atoms with Crippen LogP contribution >= 0.6 is 0 Å². The van der Waals surface area contributed by atoms with E-state index in [2.05, 4.69) is 9.97 Å². The summed E-state index contributed by atoms with van der Waals surface area (Å²) in [5, 5.41) is 9.46. The molecule has 1 aliphatic heterocycles. The number of nitrogens with zero attached hydrogens (tertiary/aromatic N) is 2. The molecule has 1 fully saturated rings. The van der Waals surface area contributed by atoms with Crippen LogP contribution in [0.15, 0.2) is 24.2 Å². The smallest absolute Gasteiger partial charge is 0.327 e. The highest BCUT2D eigenvalue weighted by atomic mass is 16.4. The molecule has 0 aromatic carbocycles. The number of imidazole rings is 1. The van der Waals surface area contributed by atoms with Gasteiger partial charge in [0.05, 0.1) is 18.2 Å². The Hall–Kier alpha value is -2.44. The van der Waals surface area contributed by atoms with Crippen LogP contribution in [0.1, 0.15) is 25.5 Å². The summed E-state index contributed by atoms with van der Waals surface area (Å²) in [6, 6.07) is -1.19. The molecule has 0 bridgehead atoms. The van der Waals surface area contributed by atoms with E-state index in [1.165, 1.54) is 12.5 Å². The lowest BCUT2D eigenvalue weighted by Gasteiger charge is -2.22. The molecular formula is C15H17N3O4. The van der Waals surface area contributed by atoms with E-state index in [0.717, 1.165) is 10.5 Å². The van der Waals surface area contributed by atoms with Gasteiger partial charge in [-0.15, -0.1) is 0 Å². The second kappa shape index (κ2) is 5.40. The van der Waals surface area contributed by atoms with Gasteiger partial charge >= 0.3 is 5.97 Å². The molecule has 2 heterocycles. The lowest BCUT2D eigenvalue weighted by molar-refractivity contribution is -0.155. The molecule has 3 unspecified atom stereocenters. The lowest BCUT2D eigenvalue weighted by atomic mass is 9.82. The number of hydrogen-bond acceptors (Lipinski definition) is 4. The predicted octanol–water partition coefficient (Wildman–Crippen LogP) is 0.747. The van der Waals surface area contributed by atoms with Crippen molar-refractivity contribution < 1.29 is 19.5 Å². The number of nitrogens with one attached hydrogen (secondary N) is 1. The fourth-order valence-electron chi connectivity index (χ4n) is 3.26. The number of carbonyl (C=O) groups is 3. The first kappa shape index (κ1) is 14.5. The Kier molecular flexibility index (Phi) is 3.56. The van der Waals surface area contributed by atoms with Crippen molar-refractivity contribution in [2.24, 2.45) is 11.8 Å². The van der Waals surface area contributed by atoms with E-state index >= 15 is 0 Å². The first-order valence-electron chi connectivity index (χ1n) is 7.21. The zero-order chi connectivity index (χ0) is 15.9. The number of carbonyl (C=O) groups excluding carboxylic acids is 2. The lowest BCUT2D eigenvalue weighted by Crippen LogP contribution is -2.46. The van der Waals surface area contributed by atoms with Crippen LogP contribution in [-0.2, 0) is 20.8 Å². The van der Waals surface area contributed by atoms with E-state index in [9.17, 15) is 19.5 Å². The van der Waals surface area contributed by atoms with Crippen LogP contribution in [0.2, 0.25) is 0 Å². The summed E-state index contributed by atoms with van der Waals surface area (Å²) < 4.78 is 0. The van der Waals surface area contributed by atoms with E-state index < -0.39 is 23.8 Å². The predicted molar refractivity (Wildman–Crippen MR) is 75.5 cm³/mol. The minimum Gasteiger partial charge on any atom is -0.480 e. The van der Waals surface area contributed by atoms with Gasteiger partial charge in [0.15, 0.2) is 0 Å². The van der Waals surface area contributed by atoms with Crippen LogP contribution in [0.25, 0.3) is 0 Å². The molecule has 1 aromatic heterocycles. The van der Waals surface area contributed by atoms with E-state index in [1.807, 2.05) is 13.0 Å². The highest BCUT2D eigenvalue weighted by Gasteiger charge is 2.51. The third-order valence-corrected chi connectivity index (χ3v) is 4.42. The molecule has 22 heavy (non-hydrogen) atoms. The molecule has 2 N–H and O–H groups in total. The van der Waals surface area contributed by atoms with E-state index in [0.29, 0.717) is 18.5 Å². The van der Waals surface area contributed by atoms with Crippen molar-refractivity contribution in [2.45, 2.75) is 32.2 Å². The van der Waals surface area contributed by atoms with Crippen molar-refractivity contribution in [3.05, 3.63) is 29.9 Å². The number of imide groups is 1. The maximum atomic E-state index is 12.6. The van der Waals surface area contributed by atoms with E-state index in [1.54, 1.807) is 0 Å². The van der Waals surface area contributed by atoms with Crippen LogP contribution in [0.4, 0.5) is 0 Å². The second-order valence-electron chi connectivity index (χ2n) is 5.88. The van der Waals surface area contributed by atoms with Gasteiger partial charge in [0.25, 0.3) is 0 Å². The number of aromatic nitrogens is 2. The Bertz CT molecular complexity index is 650. The molecule has 116 valence electrons. The maximum absolute atomic E-state index is 12.6. The van der Waals surface area contributed by atoms with Crippen molar-refractivity contribution >= 4 is 17.8 Å². The third-order valence-electron chi connectivity index (χ3n) is 4.42. The average molecular weight is 303 g/mol. The van der Waals surface area contributed by atoms with Gasteiger partial charge in [-0.1, -0.05) is 11.6 Å². The molecule has 0 spiro atoms. The van der Waals surface area contributed by atoms with Crippen LogP contribution < -0.4 is 0 Å². The maximum Gasteiger partial charge on any atom is 0.327 e. The highest BCUT2D eigenvalue weighted by molar-refractivity contribution is 6.08. The number of carboxylic acids is 1. The average Bonchev–Trinajstić information content (AvgIpc) is 3.05. The quantitative estimate of drug-likeness (QED) is 0.631. The Morgan fingerprint density at radius 2 is 2.18 bits per heavy atom. The molecule has 1 saturated heterocycles. The summed E-state index contributed by atoms with van der Waals surface area (Å²) in [5.74, 6) is -2.75. The number of likely N-dealkylation sites (tertiary alicyclic amines) is 1. The summed E-state index contributed by atoms with van der Waals surface area (Å²) in [6.45, 7) is 1.93. The Morgan fingerprint density at radius 1 is 1.45 bits per heavy atom. The van der Waals surface area contributed by atoms with E-state index in [4.69, 9.17) is 0 Å². The first-order valence-corrected chi connectivity index (χ1v) is 7.21. The molecule has 7 nitrogen and oxygen atoms in total. The molecule has 2 aliphatic rings. The summed E-state index contributed by atoms with van der Waals surface area (Å²) in [4.78, 5) is 44.3. The Morgan fingerprint density at radius 3 is 2.82 bits per heavy atom. The second-order valence-corrected chi connectivity index (χ2v) is 5.88. The number of carboxylic acid groups (broad SMARTS) is 1. The number of aromatic amines is 1. The standard InChI is InChI=1S/C15H17N3O4/c1-8-2-3-10-11(4-8)14(20)18(13(10)19)12(15(21)22)5-9-6-16-7-17-9/h2,6-7,10-12H,3-5H2,1H3,(H,16,17)(H,21,22). The van der Waals surface area contributed by atoms with Gasteiger partial charge in [0.1, 0.15) is 6.04 Å². The van der Waals surface area contributed by atoms with Gasteiger partial charge in [-0.3, -0.25) is 14.5 Å². The zero-order valence-corrected chi connectivity index (χ0v) is 12.2. The van der Waals surface area contributed by atoms with Crippen molar-refractivity contribution in [3.8, 4) is 0 Å². The van der Waals surface area contributed by atoms with Gasteiger partial charge in [-0.2, -0.15) is 0 Å². The molecule has 7 heteroatoms. The van der Waals surface area contributed by atoms with Crippen LogP contribution in [0, 0.1) is 11.8 Å². The molecule has 3 atom stereocenters. The fraction of sp³-hybridized carbons (Fsp3) is 0.467. The van der Waals surface area contributed by atoms with Crippen molar-refractivity contribution in [3.63, 3.8) is 0 Å². The van der Waals surface area contributed by atoms with E-state index in [-0.39, 0.29) is 18.2 Å². The van der Waals surface area contributed by atoms with Crippen LogP contribution in [0.3, 0.4) is 0 Å². The fourth-order valence-corrected chi connectivity index (χ4v) is 3.26. The largest absolute Gasteiger partial charge is 0.480 e. The number of aliphatic carboxylic acids is 1. The number of hydrogen-bond donors (Lipinski definition) is 2. The molecule has 3 rings (SSSR count). The van der Waals surface area contributed by atoms with Gasteiger partial charge in [0, 0.05) is 18.3 Å². The molecule has 1 aromatic rings. The van der Waals surface area contributed by atoms with Crippen LogP contribution in [0.5, 0.6) is 0 Å². The third kappa shape index (κ3) is 2.32. The van der Waals surface area contributed by atoms with Crippen molar-refractivity contribution in [1.29, 1.82) is 0 Å². The number of H-pyrrole nitrogens is 1. The summed E-state index contributed by atoms with van der Waals surface area (Å²) in [6.07, 6.45) is 5.98. The molecular weight excluding hydrogens is 286 g/mol. The number of allylic oxidation sites excluding steroid dienone is 2. The topological polar surface area (TPSA) is 103 Å². The molecule has 1 aliphatic carbocycles. The van der Waals surface area contributed by atoms with Gasteiger partial charge in [-0.05, 0) is 19.8 Å². The Balaban J connectivity index is 1.87. The SMILES string of the molecule is CC1=CCC2C(=O)N(C(Cc3cnc[nH]3)C(=O)O)C(=O)C2C1. The van der Waals surface area contributed by atoms with Crippen molar-refractivity contribution in [2.75, 3.05) is 0 Å². The molecule has 2 amide bonds. The Labute approximate surface area is 127 Å². The van der Waals surface area contributed by atoms with Gasteiger partial charge in [0.2, 0.25) is 11.8 Å². The number of amides is 2.